The van der Waals surface area contributed by atoms with Crippen LogP contribution in [0.25, 0.3) is 0 Å². The zero-order valence-corrected chi connectivity index (χ0v) is 10.2. The van der Waals surface area contributed by atoms with Gasteiger partial charge >= 0.3 is 0 Å². The van der Waals surface area contributed by atoms with Crippen molar-refractivity contribution < 1.29 is 0 Å². The highest BCUT2D eigenvalue weighted by molar-refractivity contribution is 5.66. The van der Waals surface area contributed by atoms with E-state index in [1.165, 1.54) is 11.1 Å². The number of pyridine rings is 1. The van der Waals surface area contributed by atoms with Gasteiger partial charge in [0.1, 0.15) is 5.82 Å². The molecule has 0 aliphatic rings. The number of nitrogens with two attached hydrogens (primary N) is 1. The van der Waals surface area contributed by atoms with Crippen molar-refractivity contribution in [3.63, 3.8) is 0 Å². The average Bonchev–Trinajstić information content (AvgIpc) is 2.32. The number of nitrogens with one attached hydrogen (secondary N) is 1. The second kappa shape index (κ2) is 4.87. The smallest absolute Gasteiger partial charge is 0.132 e. The highest BCUT2D eigenvalue weighted by atomic mass is 15.0. The highest BCUT2D eigenvalue weighted by Gasteiger charge is 2.05. The molecule has 0 fully saturated rings. The molecule has 1 aromatic heterocycles. The van der Waals surface area contributed by atoms with Gasteiger partial charge < -0.3 is 11.1 Å². The van der Waals surface area contributed by atoms with Crippen molar-refractivity contribution in [2.45, 2.75) is 20.3 Å². The summed E-state index contributed by atoms with van der Waals surface area (Å²) >= 11 is 0. The Hall–Kier alpha value is -2.03. The van der Waals surface area contributed by atoms with Crippen molar-refractivity contribution in [1.29, 1.82) is 0 Å². The molecule has 0 amide bonds. The summed E-state index contributed by atoms with van der Waals surface area (Å²) in [5, 5.41) is 3.34. The van der Waals surface area contributed by atoms with Gasteiger partial charge in [-0.3, -0.25) is 0 Å². The van der Waals surface area contributed by atoms with Crippen molar-refractivity contribution in [2.24, 2.45) is 0 Å². The van der Waals surface area contributed by atoms with Crippen molar-refractivity contribution in [3.8, 4) is 0 Å². The van der Waals surface area contributed by atoms with Gasteiger partial charge in [-0.2, -0.15) is 0 Å². The molecule has 0 atom stereocenters. The molecule has 0 radical (unpaired) electrons. The second-order valence-corrected chi connectivity index (χ2v) is 4.06. The first kappa shape index (κ1) is 11.5. The molecule has 0 saturated carbocycles. The first-order valence-electron chi connectivity index (χ1n) is 5.77. The Bertz CT molecular complexity index is 521. The zero-order valence-electron chi connectivity index (χ0n) is 10.2. The summed E-state index contributed by atoms with van der Waals surface area (Å²) in [7, 11) is 0. The maximum absolute atomic E-state index is 5.74. The third kappa shape index (κ3) is 2.56. The summed E-state index contributed by atoms with van der Waals surface area (Å²) in [4.78, 5) is 4.26. The first-order valence-corrected chi connectivity index (χ1v) is 5.77. The Balaban J connectivity index is 2.35. The quantitative estimate of drug-likeness (QED) is 0.846. The molecule has 2 aromatic rings. The predicted octanol–water partition coefficient (Wildman–Crippen LogP) is 3.28. The molecule has 3 heteroatoms. The van der Waals surface area contributed by atoms with Crippen LogP contribution in [0.15, 0.2) is 36.5 Å². The van der Waals surface area contributed by atoms with Crippen LogP contribution in [0.3, 0.4) is 0 Å². The molecule has 2 rings (SSSR count). The van der Waals surface area contributed by atoms with Gasteiger partial charge in [0.15, 0.2) is 0 Å². The predicted molar refractivity (Wildman–Crippen MR) is 72.5 cm³/mol. The molecule has 3 N–H and O–H groups in total. The van der Waals surface area contributed by atoms with E-state index >= 15 is 0 Å². The van der Waals surface area contributed by atoms with Gasteiger partial charge in [-0.05, 0) is 30.5 Å². The van der Waals surface area contributed by atoms with Gasteiger partial charge in [-0.25, -0.2) is 4.98 Å². The lowest BCUT2D eigenvalue weighted by Crippen LogP contribution is -2.00. The van der Waals surface area contributed by atoms with Gasteiger partial charge in [-0.1, -0.05) is 25.1 Å². The molecule has 0 bridgehead atoms. The molecule has 0 aliphatic carbocycles. The number of nitrogens with zero attached hydrogens (tertiary/aromatic N) is 1. The number of aromatic nitrogens is 1. The monoisotopic (exact) mass is 227 g/mol. The minimum Gasteiger partial charge on any atom is -0.399 e. The lowest BCUT2D eigenvalue weighted by atomic mass is 10.1. The standard InChI is InChI=1S/C14H17N3/c1-3-11-6-4-5-10(2)14(11)17-13-9-12(15)7-8-16-13/h4-9H,3H2,1-2H3,(H3,15,16,17). The largest absolute Gasteiger partial charge is 0.399 e. The van der Waals surface area contributed by atoms with E-state index in [0.717, 1.165) is 17.9 Å². The lowest BCUT2D eigenvalue weighted by molar-refractivity contribution is 1.13. The van der Waals surface area contributed by atoms with Crippen LogP contribution in [-0.2, 0) is 6.42 Å². The van der Waals surface area contributed by atoms with Crippen LogP contribution in [0.1, 0.15) is 18.1 Å². The fourth-order valence-electron chi connectivity index (χ4n) is 1.85. The van der Waals surface area contributed by atoms with E-state index in [4.69, 9.17) is 5.73 Å². The number of para-hydroxylation sites is 1. The molecule has 0 aliphatic heterocycles. The third-order valence-electron chi connectivity index (χ3n) is 2.78. The van der Waals surface area contributed by atoms with Crippen LogP contribution in [0, 0.1) is 6.92 Å². The van der Waals surface area contributed by atoms with Crippen molar-refractivity contribution >= 4 is 17.2 Å². The lowest BCUT2D eigenvalue weighted by Gasteiger charge is -2.13. The second-order valence-electron chi connectivity index (χ2n) is 4.06. The van der Waals surface area contributed by atoms with Crippen LogP contribution in [0.4, 0.5) is 17.2 Å². The molecule has 0 spiro atoms. The summed E-state index contributed by atoms with van der Waals surface area (Å²) in [6.07, 6.45) is 2.70. The van der Waals surface area contributed by atoms with Gasteiger partial charge in [0.25, 0.3) is 0 Å². The van der Waals surface area contributed by atoms with Crippen molar-refractivity contribution in [3.05, 3.63) is 47.7 Å². The number of anilines is 3. The third-order valence-corrected chi connectivity index (χ3v) is 2.78. The van der Waals surface area contributed by atoms with Gasteiger partial charge in [-0.15, -0.1) is 0 Å². The van der Waals surface area contributed by atoms with Crippen LogP contribution in [0.5, 0.6) is 0 Å². The first-order chi connectivity index (χ1) is 8.20. The van der Waals surface area contributed by atoms with Crippen LogP contribution >= 0.6 is 0 Å². The van der Waals surface area contributed by atoms with E-state index in [1.807, 2.05) is 6.07 Å². The number of hydrogen-bond donors (Lipinski definition) is 2. The van der Waals surface area contributed by atoms with Crippen LogP contribution < -0.4 is 11.1 Å². The Morgan fingerprint density at radius 1 is 1.29 bits per heavy atom. The SMILES string of the molecule is CCc1cccc(C)c1Nc1cc(N)ccn1. The number of nitrogen functional groups attached to an aromatic ring is 1. The van der Waals surface area contributed by atoms with E-state index in [9.17, 15) is 0 Å². The summed E-state index contributed by atoms with van der Waals surface area (Å²) in [6.45, 7) is 4.24. The van der Waals surface area contributed by atoms with E-state index in [2.05, 4.69) is 42.3 Å². The summed E-state index contributed by atoms with van der Waals surface area (Å²) in [5.41, 5.74) is 10.1. The Kier molecular flexibility index (Phi) is 3.28. The zero-order chi connectivity index (χ0) is 12.3. The Labute approximate surface area is 102 Å². The molecule has 3 nitrogen and oxygen atoms in total. The molecule has 1 heterocycles. The van der Waals surface area contributed by atoms with E-state index < -0.39 is 0 Å². The number of aryl methyl sites for hydroxylation is 2. The summed E-state index contributed by atoms with van der Waals surface area (Å²) in [6, 6.07) is 9.91. The molecule has 88 valence electrons. The fraction of sp³-hybridized carbons (Fsp3) is 0.214. The van der Waals surface area contributed by atoms with E-state index in [0.29, 0.717) is 5.69 Å². The van der Waals surface area contributed by atoms with Gasteiger partial charge in [0, 0.05) is 23.6 Å². The normalized spacial score (nSPS) is 10.2. The molecule has 1 aromatic carbocycles. The van der Waals surface area contributed by atoms with Crippen molar-refractivity contribution in [1.82, 2.24) is 4.98 Å². The Morgan fingerprint density at radius 2 is 2.12 bits per heavy atom. The Morgan fingerprint density at radius 3 is 2.82 bits per heavy atom. The van der Waals surface area contributed by atoms with Crippen LogP contribution in [0.2, 0.25) is 0 Å². The van der Waals surface area contributed by atoms with Gasteiger partial charge in [0.05, 0.1) is 0 Å². The number of benzene rings is 1. The van der Waals surface area contributed by atoms with E-state index in [1.54, 1.807) is 12.3 Å². The molecule has 17 heavy (non-hydrogen) atoms. The van der Waals surface area contributed by atoms with Crippen molar-refractivity contribution in [2.75, 3.05) is 11.1 Å². The highest BCUT2D eigenvalue weighted by Crippen LogP contribution is 2.24. The topological polar surface area (TPSA) is 50.9 Å². The molecular formula is C14H17N3. The average molecular weight is 227 g/mol. The van der Waals surface area contributed by atoms with Gasteiger partial charge in [0.2, 0.25) is 0 Å². The van der Waals surface area contributed by atoms with E-state index in [-0.39, 0.29) is 0 Å². The minimum atomic E-state index is 0.717. The molecular weight excluding hydrogens is 210 g/mol. The maximum Gasteiger partial charge on any atom is 0.132 e. The molecule has 0 unspecified atom stereocenters. The summed E-state index contributed by atoms with van der Waals surface area (Å²) in [5.74, 6) is 0.786. The number of rotatable bonds is 3. The number of hydrogen-bond acceptors (Lipinski definition) is 3. The summed E-state index contributed by atoms with van der Waals surface area (Å²) < 4.78 is 0. The molecule has 0 saturated heterocycles. The minimum absolute atomic E-state index is 0.717. The maximum atomic E-state index is 5.74. The fourth-order valence-corrected chi connectivity index (χ4v) is 1.85. The van der Waals surface area contributed by atoms with Crippen LogP contribution in [-0.4, -0.2) is 4.98 Å².